The van der Waals surface area contributed by atoms with Crippen molar-refractivity contribution < 1.29 is 18.3 Å². The molecule has 0 heterocycles. The first-order valence-electron chi connectivity index (χ1n) is 5.43. The summed E-state index contributed by atoms with van der Waals surface area (Å²) < 4.78 is 29.8. The molecule has 1 saturated carbocycles. The van der Waals surface area contributed by atoms with E-state index in [1.54, 1.807) is 19.1 Å². The molecule has 6 heteroatoms. The third kappa shape index (κ3) is 2.69. The van der Waals surface area contributed by atoms with E-state index in [0.717, 1.165) is 4.90 Å². The molecule has 1 aromatic rings. The molecule has 2 rings (SSSR count). The molecule has 98 valence electrons. The van der Waals surface area contributed by atoms with Crippen LogP contribution in [0.25, 0.3) is 0 Å². The van der Waals surface area contributed by atoms with Gasteiger partial charge in [0.25, 0.3) is 0 Å². The predicted octanol–water partition coefficient (Wildman–Crippen LogP) is 3.54. The average Bonchev–Trinajstić information content (AvgIpc) is 2.84. The molecular weight excluding hydrogens is 326 g/mol. The maximum Gasteiger partial charge on any atom is 0.314 e. The van der Waals surface area contributed by atoms with Crippen molar-refractivity contribution in [3.8, 4) is 0 Å². The number of hydrogen-bond donors (Lipinski definition) is 0. The number of alkyl halides is 2. The zero-order chi connectivity index (χ0) is 13.3. The zero-order valence-corrected chi connectivity index (χ0v) is 11.9. The van der Waals surface area contributed by atoms with E-state index in [-0.39, 0.29) is 12.4 Å². The average molecular weight is 337 g/mol. The number of benzene rings is 1. The van der Waals surface area contributed by atoms with Gasteiger partial charge in [0, 0.05) is 4.90 Å². The molecule has 2 nitrogen and oxygen atoms in total. The van der Waals surface area contributed by atoms with Crippen LogP contribution in [0.5, 0.6) is 0 Å². The summed E-state index contributed by atoms with van der Waals surface area (Å²) in [4.78, 5) is 12.2. The minimum atomic E-state index is -1.74. The number of thioether (sulfide) groups is 1. The molecule has 1 aromatic carbocycles. The van der Waals surface area contributed by atoms with E-state index in [4.69, 9.17) is 4.74 Å². The quantitative estimate of drug-likeness (QED) is 0.621. The van der Waals surface area contributed by atoms with Crippen molar-refractivity contribution in [3.63, 3.8) is 0 Å². The van der Waals surface area contributed by atoms with Crippen molar-refractivity contribution in [2.45, 2.75) is 21.6 Å². The van der Waals surface area contributed by atoms with Crippen molar-refractivity contribution in [1.29, 1.82) is 0 Å². The fourth-order valence-corrected chi connectivity index (χ4v) is 3.91. The molecule has 1 aliphatic carbocycles. The van der Waals surface area contributed by atoms with Gasteiger partial charge in [-0.1, -0.05) is 0 Å². The molecule has 1 aliphatic rings. The second kappa shape index (κ2) is 5.17. The zero-order valence-electron chi connectivity index (χ0n) is 9.53. The molecule has 0 aromatic heterocycles. The third-order valence-electron chi connectivity index (χ3n) is 2.60. The summed E-state index contributed by atoms with van der Waals surface area (Å²) in [5.41, 5.74) is 0. The molecule has 3 unspecified atom stereocenters. The largest absolute Gasteiger partial charge is 0.466 e. The van der Waals surface area contributed by atoms with E-state index in [1.807, 2.05) is 0 Å². The van der Waals surface area contributed by atoms with Gasteiger partial charge in [0.05, 0.1) is 11.9 Å². The lowest BCUT2D eigenvalue weighted by atomic mass is 10.4. The van der Waals surface area contributed by atoms with Crippen LogP contribution in [0.15, 0.2) is 29.2 Å². The standard InChI is InChI=1S/C12H11BrF2O2S/c1-2-17-11(16)9-10(12(9,13)15)18-8-5-3-7(14)4-6-8/h3-6,9-10H,2H2,1H3. The maximum absolute atomic E-state index is 14.0. The van der Waals surface area contributed by atoms with Crippen molar-refractivity contribution in [1.82, 2.24) is 0 Å². The highest BCUT2D eigenvalue weighted by atomic mass is 79.9. The van der Waals surface area contributed by atoms with Crippen LogP contribution in [-0.4, -0.2) is 22.4 Å². The highest BCUT2D eigenvalue weighted by Crippen LogP contribution is 2.61. The van der Waals surface area contributed by atoms with Crippen LogP contribution in [0.3, 0.4) is 0 Å². The summed E-state index contributed by atoms with van der Waals surface area (Å²) in [5, 5.41) is -0.540. The Morgan fingerprint density at radius 3 is 2.67 bits per heavy atom. The number of rotatable bonds is 4. The Kier molecular flexibility index (Phi) is 3.96. The van der Waals surface area contributed by atoms with Crippen molar-refractivity contribution in [2.75, 3.05) is 6.61 Å². The number of ether oxygens (including phenoxy) is 1. The number of esters is 1. The first kappa shape index (κ1) is 13.8. The van der Waals surface area contributed by atoms with Gasteiger partial charge in [0.2, 0.25) is 0 Å². The molecule has 0 amide bonds. The number of hydrogen-bond acceptors (Lipinski definition) is 3. The molecule has 18 heavy (non-hydrogen) atoms. The van der Waals surface area contributed by atoms with E-state index in [2.05, 4.69) is 15.9 Å². The van der Waals surface area contributed by atoms with Gasteiger partial charge >= 0.3 is 5.97 Å². The van der Waals surface area contributed by atoms with E-state index in [0.29, 0.717) is 0 Å². The first-order valence-corrected chi connectivity index (χ1v) is 7.10. The van der Waals surface area contributed by atoms with Gasteiger partial charge in [-0.2, -0.15) is 0 Å². The smallest absolute Gasteiger partial charge is 0.314 e. The normalized spacial score (nSPS) is 30.0. The van der Waals surface area contributed by atoms with Crippen LogP contribution in [0, 0.1) is 11.7 Å². The molecule has 0 radical (unpaired) electrons. The monoisotopic (exact) mass is 336 g/mol. The van der Waals surface area contributed by atoms with Gasteiger partial charge in [0.15, 0.2) is 4.58 Å². The Morgan fingerprint density at radius 2 is 2.11 bits per heavy atom. The van der Waals surface area contributed by atoms with Crippen LogP contribution in [0.4, 0.5) is 8.78 Å². The highest BCUT2D eigenvalue weighted by Gasteiger charge is 2.70. The number of carbonyl (C=O) groups excluding carboxylic acids is 1. The second-order valence-corrected chi connectivity index (χ2v) is 6.33. The Hall–Kier alpha value is -0.620. The maximum atomic E-state index is 14.0. The second-order valence-electron chi connectivity index (χ2n) is 3.90. The van der Waals surface area contributed by atoms with Crippen molar-refractivity contribution in [3.05, 3.63) is 30.1 Å². The molecule has 1 fully saturated rings. The molecule has 0 aliphatic heterocycles. The van der Waals surface area contributed by atoms with Crippen LogP contribution in [0.2, 0.25) is 0 Å². The molecule has 0 spiro atoms. The Bertz CT molecular complexity index is 450. The first-order chi connectivity index (χ1) is 8.46. The molecule has 0 saturated heterocycles. The van der Waals surface area contributed by atoms with Crippen LogP contribution < -0.4 is 0 Å². The van der Waals surface area contributed by atoms with Gasteiger partial charge in [-0.05, 0) is 47.1 Å². The summed E-state index contributed by atoms with van der Waals surface area (Å²) in [7, 11) is 0. The Labute approximate surface area is 116 Å². The van der Waals surface area contributed by atoms with Gasteiger partial charge in [-0.3, -0.25) is 4.79 Å². The predicted molar refractivity (Wildman–Crippen MR) is 68.9 cm³/mol. The number of carbonyl (C=O) groups is 1. The van der Waals surface area contributed by atoms with E-state index in [1.165, 1.54) is 23.9 Å². The van der Waals surface area contributed by atoms with Crippen molar-refractivity contribution >= 4 is 33.7 Å². The van der Waals surface area contributed by atoms with E-state index < -0.39 is 21.7 Å². The van der Waals surface area contributed by atoms with Gasteiger partial charge in [-0.25, -0.2) is 8.78 Å². The van der Waals surface area contributed by atoms with Gasteiger partial charge < -0.3 is 4.74 Å². The van der Waals surface area contributed by atoms with E-state index in [9.17, 15) is 13.6 Å². The van der Waals surface area contributed by atoms with Crippen LogP contribution in [0.1, 0.15) is 6.92 Å². The lowest BCUT2D eigenvalue weighted by Gasteiger charge is -2.00. The SMILES string of the molecule is CCOC(=O)C1C(Sc2ccc(F)cc2)C1(F)Br. The van der Waals surface area contributed by atoms with Gasteiger partial charge in [0.1, 0.15) is 11.7 Å². The minimum Gasteiger partial charge on any atom is -0.466 e. The molecular formula is C12H11BrF2O2S. The summed E-state index contributed by atoms with van der Waals surface area (Å²) in [6.07, 6.45) is 0. The summed E-state index contributed by atoms with van der Waals surface area (Å²) in [5.74, 6) is -1.70. The minimum absolute atomic E-state index is 0.229. The topological polar surface area (TPSA) is 26.3 Å². The van der Waals surface area contributed by atoms with Gasteiger partial charge in [-0.15, -0.1) is 11.8 Å². The molecule has 3 atom stereocenters. The van der Waals surface area contributed by atoms with Crippen LogP contribution in [-0.2, 0) is 9.53 Å². The highest BCUT2D eigenvalue weighted by molar-refractivity contribution is 9.10. The molecule has 0 bridgehead atoms. The van der Waals surface area contributed by atoms with Crippen molar-refractivity contribution in [2.24, 2.45) is 5.92 Å². The summed E-state index contributed by atoms with van der Waals surface area (Å²) in [6.45, 7) is 1.91. The number of halogens is 3. The Morgan fingerprint density at radius 1 is 1.50 bits per heavy atom. The lowest BCUT2D eigenvalue weighted by molar-refractivity contribution is -0.145. The van der Waals surface area contributed by atoms with Crippen LogP contribution >= 0.6 is 27.7 Å². The molecule has 0 N–H and O–H groups in total. The Balaban J connectivity index is 2.02. The summed E-state index contributed by atoms with van der Waals surface area (Å²) in [6, 6.07) is 5.73. The third-order valence-corrected chi connectivity index (χ3v) is 5.31. The van der Waals surface area contributed by atoms with E-state index >= 15 is 0 Å². The summed E-state index contributed by atoms with van der Waals surface area (Å²) >= 11 is 4.10. The lowest BCUT2D eigenvalue weighted by Crippen LogP contribution is -2.10. The fraction of sp³-hybridized carbons (Fsp3) is 0.417. The fourth-order valence-electron chi connectivity index (χ4n) is 1.62.